The van der Waals surface area contributed by atoms with Crippen LogP contribution in [-0.2, 0) is 16.1 Å². The number of ether oxygens (including phenoxy) is 1. The van der Waals surface area contributed by atoms with E-state index < -0.39 is 0 Å². The largest absolute Gasteiger partial charge is 0.466 e. The highest BCUT2D eigenvalue weighted by atomic mass is 35.5. The molecule has 0 unspecified atom stereocenters. The molecule has 1 aliphatic heterocycles. The van der Waals surface area contributed by atoms with Crippen molar-refractivity contribution in [3.8, 4) is 0 Å². The van der Waals surface area contributed by atoms with Gasteiger partial charge in [0.1, 0.15) is 0 Å². The maximum atomic E-state index is 11.8. The molecule has 1 atom stereocenters. The van der Waals surface area contributed by atoms with Crippen molar-refractivity contribution in [2.45, 2.75) is 26.3 Å². The SMILES string of the molecule is CCOC(=O)[C@H]1CCCN(Cc2cc(Cl)ccc2Cl)C1. The number of hydrogen-bond acceptors (Lipinski definition) is 3. The highest BCUT2D eigenvalue weighted by Gasteiger charge is 2.27. The van der Waals surface area contributed by atoms with E-state index in [9.17, 15) is 4.79 Å². The van der Waals surface area contributed by atoms with E-state index >= 15 is 0 Å². The summed E-state index contributed by atoms with van der Waals surface area (Å²) in [5.41, 5.74) is 1.00. The Bertz CT molecular complexity index is 479. The van der Waals surface area contributed by atoms with Crippen LogP contribution in [0.3, 0.4) is 0 Å². The third-order valence-electron chi connectivity index (χ3n) is 3.53. The number of rotatable bonds is 4. The monoisotopic (exact) mass is 315 g/mol. The Hall–Kier alpha value is -0.770. The minimum absolute atomic E-state index is 0.0262. The molecule has 0 bridgehead atoms. The van der Waals surface area contributed by atoms with Gasteiger partial charge in [-0.2, -0.15) is 0 Å². The number of esters is 1. The predicted octanol–water partition coefficient (Wildman–Crippen LogP) is 3.77. The summed E-state index contributed by atoms with van der Waals surface area (Å²) in [7, 11) is 0. The van der Waals surface area contributed by atoms with E-state index in [2.05, 4.69) is 4.90 Å². The van der Waals surface area contributed by atoms with E-state index in [0.29, 0.717) is 16.7 Å². The molecule has 0 N–H and O–H groups in total. The molecule has 110 valence electrons. The minimum Gasteiger partial charge on any atom is -0.466 e. The second kappa shape index (κ2) is 7.30. The number of carbonyl (C=O) groups is 1. The Morgan fingerprint density at radius 3 is 3.00 bits per heavy atom. The van der Waals surface area contributed by atoms with E-state index in [-0.39, 0.29) is 11.9 Å². The van der Waals surface area contributed by atoms with Crippen molar-refractivity contribution in [3.63, 3.8) is 0 Å². The normalized spacial score (nSPS) is 19.9. The zero-order valence-corrected chi connectivity index (χ0v) is 13.1. The number of piperidine rings is 1. The van der Waals surface area contributed by atoms with Gasteiger partial charge in [-0.15, -0.1) is 0 Å². The topological polar surface area (TPSA) is 29.5 Å². The molecule has 1 heterocycles. The molecule has 20 heavy (non-hydrogen) atoms. The van der Waals surface area contributed by atoms with Gasteiger partial charge in [-0.3, -0.25) is 9.69 Å². The van der Waals surface area contributed by atoms with Gasteiger partial charge >= 0.3 is 5.97 Å². The van der Waals surface area contributed by atoms with Crippen LogP contribution < -0.4 is 0 Å². The first kappa shape index (κ1) is 15.6. The first-order chi connectivity index (χ1) is 9.60. The molecular formula is C15H19Cl2NO2. The van der Waals surface area contributed by atoms with Crippen LogP contribution in [0.1, 0.15) is 25.3 Å². The average Bonchev–Trinajstić information content (AvgIpc) is 2.43. The molecule has 0 aliphatic carbocycles. The van der Waals surface area contributed by atoms with Crippen molar-refractivity contribution in [2.24, 2.45) is 5.92 Å². The van der Waals surface area contributed by atoms with Crippen LogP contribution in [0.5, 0.6) is 0 Å². The van der Waals surface area contributed by atoms with Gasteiger partial charge in [-0.25, -0.2) is 0 Å². The Balaban J connectivity index is 1.99. The second-order valence-electron chi connectivity index (χ2n) is 5.06. The van der Waals surface area contributed by atoms with Crippen LogP contribution in [-0.4, -0.2) is 30.6 Å². The lowest BCUT2D eigenvalue weighted by Crippen LogP contribution is -2.39. The zero-order valence-electron chi connectivity index (χ0n) is 11.6. The number of halogens is 2. The summed E-state index contributed by atoms with van der Waals surface area (Å²) in [5, 5.41) is 1.40. The number of benzene rings is 1. The highest BCUT2D eigenvalue weighted by Crippen LogP contribution is 2.25. The molecule has 0 amide bonds. The van der Waals surface area contributed by atoms with Crippen LogP contribution in [0.4, 0.5) is 0 Å². The molecule has 1 aromatic rings. The molecule has 3 nitrogen and oxygen atoms in total. The van der Waals surface area contributed by atoms with Crippen LogP contribution in [0, 0.1) is 5.92 Å². The van der Waals surface area contributed by atoms with Crippen molar-refractivity contribution in [1.29, 1.82) is 0 Å². The fraction of sp³-hybridized carbons (Fsp3) is 0.533. The molecule has 0 spiro atoms. The van der Waals surface area contributed by atoms with E-state index in [4.69, 9.17) is 27.9 Å². The van der Waals surface area contributed by atoms with Gasteiger partial charge in [0, 0.05) is 23.1 Å². The van der Waals surface area contributed by atoms with E-state index in [0.717, 1.165) is 38.0 Å². The highest BCUT2D eigenvalue weighted by molar-refractivity contribution is 6.33. The molecule has 1 saturated heterocycles. The lowest BCUT2D eigenvalue weighted by molar-refractivity contribution is -0.150. The van der Waals surface area contributed by atoms with Crippen molar-refractivity contribution < 1.29 is 9.53 Å². The van der Waals surface area contributed by atoms with Crippen molar-refractivity contribution >= 4 is 29.2 Å². The van der Waals surface area contributed by atoms with Crippen LogP contribution >= 0.6 is 23.2 Å². The quantitative estimate of drug-likeness (QED) is 0.792. The first-order valence-electron chi connectivity index (χ1n) is 6.93. The van der Waals surface area contributed by atoms with Gasteiger partial charge < -0.3 is 4.74 Å². The lowest BCUT2D eigenvalue weighted by atomic mass is 9.97. The van der Waals surface area contributed by atoms with E-state index in [1.165, 1.54) is 0 Å². The van der Waals surface area contributed by atoms with Gasteiger partial charge in [0.25, 0.3) is 0 Å². The zero-order chi connectivity index (χ0) is 14.5. The minimum atomic E-state index is -0.0885. The van der Waals surface area contributed by atoms with Gasteiger partial charge in [0.05, 0.1) is 12.5 Å². The smallest absolute Gasteiger partial charge is 0.310 e. The summed E-state index contributed by atoms with van der Waals surface area (Å²) in [6.07, 6.45) is 1.90. The van der Waals surface area contributed by atoms with Crippen LogP contribution in [0.15, 0.2) is 18.2 Å². The third kappa shape index (κ3) is 4.11. The van der Waals surface area contributed by atoms with Crippen LogP contribution in [0.25, 0.3) is 0 Å². The molecule has 1 fully saturated rings. The molecule has 5 heteroatoms. The molecular weight excluding hydrogens is 297 g/mol. The average molecular weight is 316 g/mol. The molecule has 1 aliphatic rings. The lowest BCUT2D eigenvalue weighted by Gasteiger charge is -2.31. The molecule has 2 rings (SSSR count). The Kier molecular flexibility index (Phi) is 5.70. The molecule has 0 radical (unpaired) electrons. The standard InChI is InChI=1S/C15H19Cl2NO2/c1-2-20-15(19)11-4-3-7-18(9-11)10-12-8-13(16)5-6-14(12)17/h5-6,8,11H,2-4,7,9-10H2,1H3/t11-/m0/s1. The molecule has 0 aromatic heterocycles. The van der Waals surface area contributed by atoms with Gasteiger partial charge in [-0.05, 0) is 50.1 Å². The second-order valence-corrected chi connectivity index (χ2v) is 5.91. The van der Waals surface area contributed by atoms with Gasteiger partial charge in [0.2, 0.25) is 0 Å². The maximum absolute atomic E-state index is 11.8. The summed E-state index contributed by atoms with van der Waals surface area (Å²) < 4.78 is 5.11. The summed E-state index contributed by atoms with van der Waals surface area (Å²) in [6, 6.07) is 5.48. The number of carbonyl (C=O) groups excluding carboxylic acids is 1. The van der Waals surface area contributed by atoms with Crippen molar-refractivity contribution in [3.05, 3.63) is 33.8 Å². The van der Waals surface area contributed by atoms with Crippen LogP contribution in [0.2, 0.25) is 10.0 Å². The van der Waals surface area contributed by atoms with Gasteiger partial charge in [-0.1, -0.05) is 23.2 Å². The predicted molar refractivity (Wildman–Crippen MR) is 81.1 cm³/mol. The summed E-state index contributed by atoms with van der Waals surface area (Å²) in [6.45, 7) is 4.69. The Morgan fingerprint density at radius 1 is 1.45 bits per heavy atom. The Morgan fingerprint density at radius 2 is 2.25 bits per heavy atom. The first-order valence-corrected chi connectivity index (χ1v) is 7.68. The molecule has 0 saturated carbocycles. The number of likely N-dealkylation sites (tertiary alicyclic amines) is 1. The molecule has 1 aromatic carbocycles. The summed E-state index contributed by atoms with van der Waals surface area (Å²) >= 11 is 12.2. The Labute approximate surface area is 129 Å². The fourth-order valence-electron chi connectivity index (χ4n) is 2.56. The third-order valence-corrected chi connectivity index (χ3v) is 4.13. The maximum Gasteiger partial charge on any atom is 0.310 e. The van der Waals surface area contributed by atoms with Crippen molar-refractivity contribution in [1.82, 2.24) is 4.90 Å². The van der Waals surface area contributed by atoms with E-state index in [1.807, 2.05) is 19.1 Å². The number of nitrogens with zero attached hydrogens (tertiary/aromatic N) is 1. The summed E-state index contributed by atoms with van der Waals surface area (Å²) in [4.78, 5) is 14.1. The van der Waals surface area contributed by atoms with E-state index in [1.54, 1.807) is 6.07 Å². The fourth-order valence-corrected chi connectivity index (χ4v) is 2.93. The number of hydrogen-bond donors (Lipinski definition) is 0. The van der Waals surface area contributed by atoms with Gasteiger partial charge in [0.15, 0.2) is 0 Å². The summed E-state index contributed by atoms with van der Waals surface area (Å²) in [5.74, 6) is -0.115. The van der Waals surface area contributed by atoms with Crippen molar-refractivity contribution in [2.75, 3.05) is 19.7 Å².